The van der Waals surface area contributed by atoms with Crippen LogP contribution in [0.3, 0.4) is 0 Å². The molecule has 4 nitrogen and oxygen atoms in total. The average Bonchev–Trinajstić information content (AvgIpc) is 2.72. The van der Waals surface area contributed by atoms with E-state index in [4.69, 9.17) is 5.73 Å². The number of rotatable bonds is 1. The van der Waals surface area contributed by atoms with Gasteiger partial charge in [0.1, 0.15) is 0 Å². The third-order valence-corrected chi connectivity index (χ3v) is 2.42. The zero-order valence-electron chi connectivity index (χ0n) is 8.54. The lowest BCUT2D eigenvalue weighted by Crippen LogP contribution is -1.88. The molecule has 0 bridgehead atoms. The third kappa shape index (κ3) is 1.40. The van der Waals surface area contributed by atoms with Gasteiger partial charge in [-0.25, -0.2) is 9.50 Å². The molecule has 0 atom stereocenters. The molecule has 0 aliphatic carbocycles. The number of fused-ring (bicyclic) bond motifs is 1. The number of nitrogen functional groups attached to an aromatic ring is 1. The van der Waals surface area contributed by atoms with Crippen LogP contribution in [0.4, 0.5) is 5.69 Å². The van der Waals surface area contributed by atoms with Crippen molar-refractivity contribution >= 4 is 11.3 Å². The molecule has 1 aromatic carbocycles. The Balaban J connectivity index is 2.19. The summed E-state index contributed by atoms with van der Waals surface area (Å²) in [5.41, 5.74) is 9.20. The molecule has 0 amide bonds. The molecule has 2 aromatic heterocycles. The first-order valence-electron chi connectivity index (χ1n) is 4.99. The summed E-state index contributed by atoms with van der Waals surface area (Å²) in [4.78, 5) is 4.22. The summed E-state index contributed by atoms with van der Waals surface area (Å²) in [5.74, 6) is 0. The number of hydrogen-bond acceptors (Lipinski definition) is 3. The first kappa shape index (κ1) is 8.91. The second-order valence-electron chi connectivity index (χ2n) is 3.58. The minimum Gasteiger partial charge on any atom is -0.399 e. The van der Waals surface area contributed by atoms with E-state index in [1.807, 2.05) is 42.6 Å². The van der Waals surface area contributed by atoms with E-state index in [2.05, 4.69) is 10.1 Å². The van der Waals surface area contributed by atoms with Gasteiger partial charge in [0.2, 0.25) is 0 Å². The maximum absolute atomic E-state index is 5.74. The minimum atomic E-state index is 0.738. The average molecular weight is 210 g/mol. The zero-order chi connectivity index (χ0) is 11.0. The Kier molecular flexibility index (Phi) is 1.86. The van der Waals surface area contributed by atoms with Gasteiger partial charge in [-0.3, -0.25) is 0 Å². The highest BCUT2D eigenvalue weighted by Crippen LogP contribution is 2.20. The number of hydrogen-bond donors (Lipinski definition) is 1. The number of nitrogens with zero attached hydrogens (tertiary/aromatic N) is 3. The third-order valence-electron chi connectivity index (χ3n) is 2.42. The second-order valence-corrected chi connectivity index (χ2v) is 3.58. The van der Waals surface area contributed by atoms with Gasteiger partial charge in [-0.05, 0) is 18.2 Å². The van der Waals surface area contributed by atoms with Crippen LogP contribution in [0.15, 0.2) is 48.8 Å². The summed E-state index contributed by atoms with van der Waals surface area (Å²) in [7, 11) is 0. The molecule has 3 aromatic rings. The van der Waals surface area contributed by atoms with Crippen molar-refractivity contribution in [3.8, 4) is 11.3 Å². The summed E-state index contributed by atoms with van der Waals surface area (Å²) in [6, 6.07) is 11.5. The van der Waals surface area contributed by atoms with Crippen LogP contribution in [0, 0.1) is 0 Å². The molecular weight excluding hydrogens is 200 g/mol. The quantitative estimate of drug-likeness (QED) is 0.625. The molecule has 0 unspecified atom stereocenters. The van der Waals surface area contributed by atoms with E-state index in [0.29, 0.717) is 0 Å². The summed E-state index contributed by atoms with van der Waals surface area (Å²) in [6.07, 6.45) is 3.62. The molecule has 78 valence electrons. The van der Waals surface area contributed by atoms with Crippen molar-refractivity contribution in [1.82, 2.24) is 14.6 Å². The number of anilines is 1. The highest BCUT2D eigenvalue weighted by molar-refractivity contribution is 5.67. The molecule has 0 saturated carbocycles. The Morgan fingerprint density at radius 3 is 2.88 bits per heavy atom. The molecule has 0 fully saturated rings. The van der Waals surface area contributed by atoms with Gasteiger partial charge in [-0.2, -0.15) is 5.10 Å². The maximum Gasteiger partial charge on any atom is 0.155 e. The first-order valence-corrected chi connectivity index (χ1v) is 4.99. The molecule has 0 radical (unpaired) electrons. The molecule has 2 N–H and O–H groups in total. The number of benzene rings is 1. The summed E-state index contributed by atoms with van der Waals surface area (Å²) >= 11 is 0. The molecular formula is C12H10N4. The van der Waals surface area contributed by atoms with Gasteiger partial charge in [0, 0.05) is 29.7 Å². The lowest BCUT2D eigenvalue weighted by Gasteiger charge is -1.96. The van der Waals surface area contributed by atoms with Gasteiger partial charge >= 0.3 is 0 Å². The van der Waals surface area contributed by atoms with Crippen molar-refractivity contribution in [3.63, 3.8) is 0 Å². The van der Waals surface area contributed by atoms with E-state index in [-0.39, 0.29) is 0 Å². The van der Waals surface area contributed by atoms with Gasteiger partial charge in [-0.15, -0.1) is 0 Å². The highest BCUT2D eigenvalue weighted by Gasteiger charge is 2.04. The van der Waals surface area contributed by atoms with Crippen molar-refractivity contribution in [1.29, 1.82) is 0 Å². The van der Waals surface area contributed by atoms with Gasteiger partial charge in [-0.1, -0.05) is 12.1 Å². The Morgan fingerprint density at radius 1 is 1.12 bits per heavy atom. The van der Waals surface area contributed by atoms with E-state index in [0.717, 1.165) is 22.6 Å². The number of nitrogens with two attached hydrogens (primary N) is 1. The van der Waals surface area contributed by atoms with Crippen LogP contribution < -0.4 is 5.73 Å². The first-order chi connectivity index (χ1) is 7.83. The smallest absolute Gasteiger partial charge is 0.155 e. The Morgan fingerprint density at radius 2 is 2.06 bits per heavy atom. The van der Waals surface area contributed by atoms with Gasteiger partial charge < -0.3 is 5.73 Å². The zero-order valence-corrected chi connectivity index (χ0v) is 8.54. The normalized spacial score (nSPS) is 10.8. The highest BCUT2D eigenvalue weighted by atomic mass is 15.2. The Labute approximate surface area is 92.4 Å². The predicted molar refractivity (Wildman–Crippen MR) is 62.8 cm³/mol. The lowest BCUT2D eigenvalue weighted by molar-refractivity contribution is 0.943. The van der Waals surface area contributed by atoms with Gasteiger partial charge in [0.15, 0.2) is 5.65 Å². The van der Waals surface area contributed by atoms with E-state index < -0.39 is 0 Å². The summed E-state index contributed by atoms with van der Waals surface area (Å²) < 4.78 is 1.75. The van der Waals surface area contributed by atoms with Crippen LogP contribution in [-0.2, 0) is 0 Å². The maximum atomic E-state index is 5.74. The molecule has 16 heavy (non-hydrogen) atoms. The fraction of sp³-hybridized carbons (Fsp3) is 0. The molecule has 0 spiro atoms. The van der Waals surface area contributed by atoms with Crippen LogP contribution in [0.5, 0.6) is 0 Å². The second kappa shape index (κ2) is 3.34. The molecule has 0 aliphatic rings. The molecule has 3 rings (SSSR count). The van der Waals surface area contributed by atoms with Crippen LogP contribution in [0.1, 0.15) is 0 Å². The van der Waals surface area contributed by atoms with Crippen molar-refractivity contribution in [2.24, 2.45) is 0 Å². The molecule has 0 aliphatic heterocycles. The Bertz CT molecular complexity index is 609. The molecule has 0 saturated heterocycles. The largest absolute Gasteiger partial charge is 0.399 e. The van der Waals surface area contributed by atoms with Gasteiger partial charge in [0.25, 0.3) is 0 Å². The van der Waals surface area contributed by atoms with E-state index in [1.54, 1.807) is 10.7 Å². The number of aromatic nitrogens is 3. The van der Waals surface area contributed by atoms with Crippen molar-refractivity contribution in [2.45, 2.75) is 0 Å². The standard InChI is InChI=1S/C12H10N4/c13-10-4-1-3-9(7-10)11-8-12-14-5-2-6-16(12)15-11/h1-8H,13H2. The van der Waals surface area contributed by atoms with Crippen molar-refractivity contribution < 1.29 is 0 Å². The summed E-state index contributed by atoms with van der Waals surface area (Å²) in [6.45, 7) is 0. The minimum absolute atomic E-state index is 0.738. The lowest BCUT2D eigenvalue weighted by atomic mass is 10.1. The topological polar surface area (TPSA) is 56.2 Å². The van der Waals surface area contributed by atoms with Crippen molar-refractivity contribution in [2.75, 3.05) is 5.73 Å². The van der Waals surface area contributed by atoms with E-state index in [9.17, 15) is 0 Å². The van der Waals surface area contributed by atoms with Crippen LogP contribution in [0.25, 0.3) is 16.9 Å². The predicted octanol–water partition coefficient (Wildman–Crippen LogP) is 1.98. The van der Waals surface area contributed by atoms with Crippen LogP contribution >= 0.6 is 0 Å². The van der Waals surface area contributed by atoms with Crippen molar-refractivity contribution in [3.05, 3.63) is 48.8 Å². The van der Waals surface area contributed by atoms with Gasteiger partial charge in [0.05, 0.1) is 5.69 Å². The molecule has 4 heteroatoms. The van der Waals surface area contributed by atoms with E-state index in [1.165, 1.54) is 0 Å². The summed E-state index contributed by atoms with van der Waals surface area (Å²) in [5, 5.41) is 4.42. The van der Waals surface area contributed by atoms with E-state index >= 15 is 0 Å². The SMILES string of the molecule is Nc1cccc(-c2cc3ncccn3n2)c1. The van der Waals surface area contributed by atoms with Crippen LogP contribution in [0.2, 0.25) is 0 Å². The Hall–Kier alpha value is -2.36. The monoisotopic (exact) mass is 210 g/mol. The fourth-order valence-electron chi connectivity index (χ4n) is 1.67. The molecule has 2 heterocycles. The van der Waals surface area contributed by atoms with Crippen LogP contribution in [-0.4, -0.2) is 14.6 Å². The fourth-order valence-corrected chi connectivity index (χ4v) is 1.67.